The van der Waals surface area contributed by atoms with Gasteiger partial charge in [-0.3, -0.25) is 9.59 Å². The Morgan fingerprint density at radius 3 is 1.68 bits per heavy atom. The molecule has 1 rings (SSSR count). The zero-order valence-electron chi connectivity index (χ0n) is 11.7. The molecule has 0 bridgehead atoms. The number of hydrogen-bond donors (Lipinski definition) is 2. The van der Waals surface area contributed by atoms with Crippen LogP contribution in [0, 0.1) is 5.41 Å². The van der Waals surface area contributed by atoms with Crippen molar-refractivity contribution in [2.24, 2.45) is 5.41 Å². The maximum Gasteiger partial charge on any atom is 0.321 e. The van der Waals surface area contributed by atoms with Gasteiger partial charge in [0, 0.05) is 0 Å². The van der Waals surface area contributed by atoms with Crippen molar-refractivity contribution in [3.63, 3.8) is 0 Å². The van der Waals surface area contributed by atoms with E-state index in [2.05, 4.69) is 20.8 Å². The van der Waals surface area contributed by atoms with Crippen LogP contribution in [0.3, 0.4) is 0 Å². The molecule has 0 aliphatic rings. The molecule has 0 fully saturated rings. The molecule has 19 heavy (non-hydrogen) atoms. The predicted octanol–water partition coefficient (Wildman–Crippen LogP) is 2.70. The third-order valence-corrected chi connectivity index (χ3v) is 3.32. The highest BCUT2D eigenvalue weighted by Crippen LogP contribution is 2.26. The van der Waals surface area contributed by atoms with Gasteiger partial charge >= 0.3 is 11.9 Å². The lowest BCUT2D eigenvalue weighted by atomic mass is 9.82. The molecule has 0 aliphatic heterocycles. The van der Waals surface area contributed by atoms with E-state index in [0.29, 0.717) is 5.56 Å². The summed E-state index contributed by atoms with van der Waals surface area (Å²) < 4.78 is 0. The lowest BCUT2D eigenvalue weighted by molar-refractivity contribution is -0.163. The molecule has 1 aromatic rings. The molecule has 0 unspecified atom stereocenters. The topological polar surface area (TPSA) is 74.6 Å². The number of carbonyl (C=O) groups is 2. The van der Waals surface area contributed by atoms with E-state index in [0.717, 1.165) is 5.56 Å². The average Bonchev–Trinajstić information content (AvgIpc) is 2.27. The average molecular weight is 264 g/mol. The van der Waals surface area contributed by atoms with Gasteiger partial charge in [-0.05, 0) is 29.9 Å². The van der Waals surface area contributed by atoms with Crippen LogP contribution in [-0.2, 0) is 21.4 Å². The minimum absolute atomic E-state index is 0.0153. The minimum atomic E-state index is -1.79. The van der Waals surface area contributed by atoms with Crippen molar-refractivity contribution in [3.05, 3.63) is 35.4 Å². The number of aliphatic carboxylic acids is 2. The first kappa shape index (κ1) is 15.2. The molecule has 4 nitrogen and oxygen atoms in total. The Morgan fingerprint density at radius 1 is 0.947 bits per heavy atom. The zero-order chi connectivity index (χ0) is 14.8. The van der Waals surface area contributed by atoms with Crippen molar-refractivity contribution in [1.29, 1.82) is 0 Å². The van der Waals surface area contributed by atoms with Crippen LogP contribution in [0.4, 0.5) is 0 Å². The van der Waals surface area contributed by atoms with Gasteiger partial charge in [0.05, 0.1) is 0 Å². The second kappa shape index (κ2) is 5.03. The first-order valence-corrected chi connectivity index (χ1v) is 6.13. The van der Waals surface area contributed by atoms with E-state index in [9.17, 15) is 9.59 Å². The van der Waals surface area contributed by atoms with Gasteiger partial charge in [0.25, 0.3) is 0 Å². The summed E-state index contributed by atoms with van der Waals surface area (Å²) in [5.74, 6) is -2.64. The van der Waals surface area contributed by atoms with Crippen LogP contribution in [0.5, 0.6) is 0 Å². The first-order valence-electron chi connectivity index (χ1n) is 6.13. The third kappa shape index (κ3) is 3.34. The van der Waals surface area contributed by atoms with Crippen molar-refractivity contribution < 1.29 is 19.8 Å². The Bertz CT molecular complexity index is 466. The molecule has 0 amide bonds. The van der Waals surface area contributed by atoms with E-state index in [-0.39, 0.29) is 11.8 Å². The van der Waals surface area contributed by atoms with Crippen LogP contribution >= 0.6 is 0 Å². The Balaban J connectivity index is 3.00. The number of carboxylic acid groups (broad SMARTS) is 2. The maximum absolute atomic E-state index is 11.1. The van der Waals surface area contributed by atoms with Crippen molar-refractivity contribution >= 4 is 11.9 Å². The number of hydrogen-bond acceptors (Lipinski definition) is 2. The van der Waals surface area contributed by atoms with E-state index in [1.807, 2.05) is 12.1 Å². The molecule has 0 saturated heterocycles. The Morgan fingerprint density at radius 2 is 1.37 bits per heavy atom. The largest absolute Gasteiger partial charge is 0.480 e. The standard InChI is InChI=1S/C15H20O4/c1-14(2,3)11-7-5-10(6-8-11)9-15(4,12(16)17)13(18)19/h5-8H,9H2,1-4H3,(H,16,17)(H,18,19). The van der Waals surface area contributed by atoms with Crippen LogP contribution in [0.15, 0.2) is 24.3 Å². The van der Waals surface area contributed by atoms with Crippen molar-refractivity contribution in [2.75, 3.05) is 0 Å². The van der Waals surface area contributed by atoms with E-state index in [1.54, 1.807) is 12.1 Å². The van der Waals surface area contributed by atoms with Gasteiger partial charge in [0.2, 0.25) is 0 Å². The first-order chi connectivity index (χ1) is 8.57. The molecule has 0 spiro atoms. The smallest absolute Gasteiger partial charge is 0.321 e. The molecule has 0 aliphatic carbocycles. The van der Waals surface area contributed by atoms with Gasteiger partial charge in [-0.15, -0.1) is 0 Å². The Hall–Kier alpha value is -1.84. The molecule has 4 heteroatoms. The molecule has 104 valence electrons. The van der Waals surface area contributed by atoms with Crippen LogP contribution in [0.1, 0.15) is 38.8 Å². The molecule has 1 aromatic carbocycles. The second-order valence-corrected chi connectivity index (χ2v) is 6.07. The van der Waals surface area contributed by atoms with Crippen LogP contribution in [-0.4, -0.2) is 22.2 Å². The normalized spacial score (nSPS) is 12.2. The van der Waals surface area contributed by atoms with Gasteiger partial charge < -0.3 is 10.2 Å². The van der Waals surface area contributed by atoms with Crippen molar-refractivity contribution in [1.82, 2.24) is 0 Å². The van der Waals surface area contributed by atoms with Gasteiger partial charge in [-0.1, -0.05) is 45.0 Å². The molecule has 0 heterocycles. The molecule has 0 radical (unpaired) electrons. The highest BCUT2D eigenvalue weighted by Gasteiger charge is 2.41. The fraction of sp³-hybridized carbons (Fsp3) is 0.467. The second-order valence-electron chi connectivity index (χ2n) is 6.07. The highest BCUT2D eigenvalue weighted by atomic mass is 16.4. The summed E-state index contributed by atoms with van der Waals surface area (Å²) in [6.45, 7) is 7.48. The fourth-order valence-corrected chi connectivity index (χ4v) is 1.77. The maximum atomic E-state index is 11.1. The predicted molar refractivity (Wildman–Crippen MR) is 72.2 cm³/mol. The summed E-state index contributed by atoms with van der Waals surface area (Å²) in [6.07, 6.45) is -0.0257. The fourth-order valence-electron chi connectivity index (χ4n) is 1.77. The highest BCUT2D eigenvalue weighted by molar-refractivity contribution is 5.98. The monoisotopic (exact) mass is 264 g/mol. The van der Waals surface area contributed by atoms with Crippen molar-refractivity contribution in [3.8, 4) is 0 Å². The summed E-state index contributed by atoms with van der Waals surface area (Å²) in [4.78, 5) is 22.2. The molecule has 0 atom stereocenters. The van der Waals surface area contributed by atoms with Gasteiger partial charge in [0.1, 0.15) is 0 Å². The molecular weight excluding hydrogens is 244 g/mol. The SMILES string of the molecule is CC(Cc1ccc(C(C)(C)C)cc1)(C(=O)O)C(=O)O. The van der Waals surface area contributed by atoms with E-state index in [1.165, 1.54) is 6.92 Å². The molecule has 0 saturated carbocycles. The molecule has 2 N–H and O–H groups in total. The quantitative estimate of drug-likeness (QED) is 0.820. The summed E-state index contributed by atoms with van der Waals surface area (Å²) in [7, 11) is 0. The Kier molecular flexibility index (Phi) is 4.03. The van der Waals surface area contributed by atoms with Gasteiger partial charge in [-0.2, -0.15) is 0 Å². The number of rotatable bonds is 4. The lowest BCUT2D eigenvalue weighted by Gasteiger charge is -2.22. The minimum Gasteiger partial charge on any atom is -0.480 e. The molecular formula is C15H20O4. The Labute approximate surface area is 113 Å². The zero-order valence-corrected chi connectivity index (χ0v) is 11.7. The summed E-state index contributed by atoms with van der Waals surface area (Å²) in [5, 5.41) is 18.1. The van der Waals surface area contributed by atoms with E-state index >= 15 is 0 Å². The van der Waals surface area contributed by atoms with Crippen LogP contribution in [0.25, 0.3) is 0 Å². The number of carboxylic acids is 2. The van der Waals surface area contributed by atoms with E-state index in [4.69, 9.17) is 10.2 Å². The van der Waals surface area contributed by atoms with Gasteiger partial charge in [0.15, 0.2) is 5.41 Å². The van der Waals surface area contributed by atoms with Crippen molar-refractivity contribution in [2.45, 2.75) is 39.5 Å². The summed E-state index contributed by atoms with van der Waals surface area (Å²) in [6, 6.07) is 7.42. The van der Waals surface area contributed by atoms with Crippen LogP contribution in [0.2, 0.25) is 0 Å². The number of benzene rings is 1. The summed E-state index contributed by atoms with van der Waals surface area (Å²) in [5.41, 5.74) is 0.0638. The van der Waals surface area contributed by atoms with E-state index < -0.39 is 17.4 Å². The summed E-state index contributed by atoms with van der Waals surface area (Å²) >= 11 is 0. The van der Waals surface area contributed by atoms with Gasteiger partial charge in [-0.25, -0.2) is 0 Å². The molecule has 0 aromatic heterocycles. The van der Waals surface area contributed by atoms with Crippen LogP contribution < -0.4 is 0 Å². The lowest BCUT2D eigenvalue weighted by Crippen LogP contribution is -2.38. The third-order valence-electron chi connectivity index (χ3n) is 3.32.